The predicted molar refractivity (Wildman–Crippen MR) is 75.5 cm³/mol. The van der Waals surface area contributed by atoms with Gasteiger partial charge in [0.05, 0.1) is 5.69 Å². The molecule has 0 saturated carbocycles. The zero-order chi connectivity index (χ0) is 13.3. The molecule has 5 N–H and O–H groups in total. The predicted octanol–water partition coefficient (Wildman–Crippen LogP) is 2.88. The summed E-state index contributed by atoms with van der Waals surface area (Å²) in [5.41, 5.74) is 14.4. The Labute approximate surface area is 107 Å². The van der Waals surface area contributed by atoms with E-state index in [1.807, 2.05) is 30.3 Å². The number of hydrogen-bond donors (Lipinski definition) is 3. The van der Waals surface area contributed by atoms with E-state index in [2.05, 4.69) is 13.8 Å². The van der Waals surface area contributed by atoms with Crippen molar-refractivity contribution in [3.63, 3.8) is 0 Å². The Bertz CT molecular complexity index is 576. The largest absolute Gasteiger partial charge is 0.506 e. The molecule has 0 heterocycles. The molecule has 0 bridgehead atoms. The maximum Gasteiger partial charge on any atom is 0.138 e. The Morgan fingerprint density at radius 2 is 1.61 bits per heavy atom. The molecular formula is C15H18N2O. The first-order chi connectivity index (χ1) is 8.41. The summed E-state index contributed by atoms with van der Waals surface area (Å²) in [5, 5.41) is 9.72. The number of anilines is 2. The summed E-state index contributed by atoms with van der Waals surface area (Å²) in [5.74, 6) is 0.115. The number of hydrogen-bond acceptors (Lipinski definition) is 3. The molecule has 0 spiro atoms. The van der Waals surface area contributed by atoms with Crippen LogP contribution in [0, 0.1) is 0 Å². The third-order valence-electron chi connectivity index (χ3n) is 3.36. The number of benzene rings is 2. The van der Waals surface area contributed by atoms with Crippen LogP contribution in [-0.2, 0) is 5.41 Å². The summed E-state index contributed by atoms with van der Waals surface area (Å²) in [6, 6.07) is 13.1. The smallest absolute Gasteiger partial charge is 0.138 e. The minimum absolute atomic E-state index is 0.115. The Balaban J connectivity index is 2.50. The van der Waals surface area contributed by atoms with E-state index in [-0.39, 0.29) is 11.2 Å². The molecule has 2 aromatic rings. The van der Waals surface area contributed by atoms with Gasteiger partial charge < -0.3 is 16.6 Å². The normalized spacial score (nSPS) is 11.4. The van der Waals surface area contributed by atoms with E-state index in [4.69, 9.17) is 11.5 Å². The van der Waals surface area contributed by atoms with E-state index in [0.29, 0.717) is 5.69 Å². The molecule has 0 aliphatic heterocycles. The second-order valence-electron chi connectivity index (χ2n) is 5.02. The molecule has 94 valence electrons. The van der Waals surface area contributed by atoms with Crippen molar-refractivity contribution in [2.75, 3.05) is 11.5 Å². The minimum Gasteiger partial charge on any atom is -0.506 e. The van der Waals surface area contributed by atoms with Crippen molar-refractivity contribution in [3.05, 3.63) is 53.6 Å². The molecule has 0 saturated heterocycles. The lowest BCUT2D eigenvalue weighted by Crippen LogP contribution is -2.19. The van der Waals surface area contributed by atoms with Gasteiger partial charge in [-0.05, 0) is 35.4 Å². The molecule has 18 heavy (non-hydrogen) atoms. The van der Waals surface area contributed by atoms with Crippen LogP contribution in [0.2, 0.25) is 0 Å². The van der Waals surface area contributed by atoms with Crippen molar-refractivity contribution >= 4 is 11.4 Å². The van der Waals surface area contributed by atoms with Crippen molar-refractivity contribution in [2.24, 2.45) is 0 Å². The summed E-state index contributed by atoms with van der Waals surface area (Å²) < 4.78 is 0. The van der Waals surface area contributed by atoms with Crippen LogP contribution in [0.1, 0.15) is 25.0 Å². The van der Waals surface area contributed by atoms with Crippen molar-refractivity contribution in [2.45, 2.75) is 19.3 Å². The van der Waals surface area contributed by atoms with Crippen molar-refractivity contribution in [1.82, 2.24) is 0 Å². The first kappa shape index (κ1) is 12.3. The molecule has 0 unspecified atom stereocenters. The lowest BCUT2D eigenvalue weighted by atomic mass is 9.78. The van der Waals surface area contributed by atoms with Crippen LogP contribution in [0.3, 0.4) is 0 Å². The number of nitrogens with two attached hydrogens (primary N) is 2. The van der Waals surface area contributed by atoms with E-state index in [9.17, 15) is 5.11 Å². The second kappa shape index (κ2) is 4.26. The lowest BCUT2D eigenvalue weighted by Gasteiger charge is -2.26. The highest BCUT2D eigenvalue weighted by molar-refractivity contribution is 5.56. The summed E-state index contributed by atoms with van der Waals surface area (Å²) >= 11 is 0. The molecule has 3 heteroatoms. The molecule has 3 nitrogen and oxygen atoms in total. The van der Waals surface area contributed by atoms with Gasteiger partial charge in [-0.1, -0.05) is 32.0 Å². The van der Waals surface area contributed by atoms with Gasteiger partial charge in [0, 0.05) is 11.1 Å². The SMILES string of the molecule is CC(C)(c1cccc(N)c1)c1ccc(N)c(O)c1. The molecule has 0 atom stereocenters. The Morgan fingerprint density at radius 3 is 2.22 bits per heavy atom. The van der Waals surface area contributed by atoms with Crippen LogP contribution in [0.5, 0.6) is 5.75 Å². The molecular weight excluding hydrogens is 224 g/mol. The van der Waals surface area contributed by atoms with E-state index < -0.39 is 0 Å². The molecule has 0 fully saturated rings. The number of phenols is 1. The molecule has 0 aromatic heterocycles. The number of rotatable bonds is 2. The number of aromatic hydroxyl groups is 1. The van der Waals surface area contributed by atoms with Gasteiger partial charge in [0.25, 0.3) is 0 Å². The van der Waals surface area contributed by atoms with Crippen LogP contribution in [0.25, 0.3) is 0 Å². The fourth-order valence-electron chi connectivity index (χ4n) is 2.03. The molecule has 0 aliphatic carbocycles. The highest BCUT2D eigenvalue weighted by Crippen LogP contribution is 2.35. The molecule has 2 rings (SSSR count). The quantitative estimate of drug-likeness (QED) is 0.560. The van der Waals surface area contributed by atoms with Crippen molar-refractivity contribution < 1.29 is 5.11 Å². The Hall–Kier alpha value is -2.16. The van der Waals surface area contributed by atoms with E-state index in [0.717, 1.165) is 16.8 Å². The Kier molecular flexibility index (Phi) is 2.91. The number of phenolic OH excluding ortho intramolecular Hbond substituents is 1. The third kappa shape index (κ3) is 2.12. The van der Waals surface area contributed by atoms with Crippen molar-refractivity contribution in [1.29, 1.82) is 0 Å². The molecule has 0 radical (unpaired) electrons. The standard InChI is InChI=1S/C15H18N2O/c1-15(2,10-4-3-5-12(16)8-10)11-6-7-13(17)14(18)9-11/h3-9,18H,16-17H2,1-2H3. The first-order valence-electron chi connectivity index (χ1n) is 5.86. The van der Waals surface area contributed by atoms with Crippen LogP contribution in [0.4, 0.5) is 11.4 Å². The molecule has 2 aromatic carbocycles. The van der Waals surface area contributed by atoms with E-state index in [1.165, 1.54) is 0 Å². The second-order valence-corrected chi connectivity index (χ2v) is 5.02. The average molecular weight is 242 g/mol. The topological polar surface area (TPSA) is 72.3 Å². The molecule has 0 aliphatic rings. The summed E-state index contributed by atoms with van der Waals surface area (Å²) in [7, 11) is 0. The van der Waals surface area contributed by atoms with E-state index >= 15 is 0 Å². The third-order valence-corrected chi connectivity index (χ3v) is 3.36. The highest BCUT2D eigenvalue weighted by atomic mass is 16.3. The van der Waals surface area contributed by atoms with Gasteiger partial charge in [-0.15, -0.1) is 0 Å². The van der Waals surface area contributed by atoms with Gasteiger partial charge in [0.15, 0.2) is 0 Å². The average Bonchev–Trinajstić information content (AvgIpc) is 2.32. The summed E-state index contributed by atoms with van der Waals surface area (Å²) in [6.45, 7) is 4.18. The van der Waals surface area contributed by atoms with Gasteiger partial charge in [0.2, 0.25) is 0 Å². The van der Waals surface area contributed by atoms with Crippen molar-refractivity contribution in [3.8, 4) is 5.75 Å². The lowest BCUT2D eigenvalue weighted by molar-refractivity contribution is 0.475. The monoisotopic (exact) mass is 242 g/mol. The summed E-state index contributed by atoms with van der Waals surface area (Å²) in [4.78, 5) is 0. The molecule has 0 amide bonds. The summed E-state index contributed by atoms with van der Waals surface area (Å²) in [6.07, 6.45) is 0. The fraction of sp³-hybridized carbons (Fsp3) is 0.200. The van der Waals surface area contributed by atoms with Gasteiger partial charge in [-0.2, -0.15) is 0 Å². The van der Waals surface area contributed by atoms with Gasteiger partial charge in [-0.25, -0.2) is 0 Å². The van der Waals surface area contributed by atoms with Gasteiger partial charge >= 0.3 is 0 Å². The number of nitrogen functional groups attached to an aromatic ring is 2. The van der Waals surface area contributed by atoms with Crippen LogP contribution in [-0.4, -0.2) is 5.11 Å². The van der Waals surface area contributed by atoms with Crippen LogP contribution < -0.4 is 11.5 Å². The van der Waals surface area contributed by atoms with Crippen LogP contribution in [0.15, 0.2) is 42.5 Å². The Morgan fingerprint density at radius 1 is 0.944 bits per heavy atom. The maximum atomic E-state index is 9.72. The minimum atomic E-state index is -0.236. The zero-order valence-corrected chi connectivity index (χ0v) is 10.6. The fourth-order valence-corrected chi connectivity index (χ4v) is 2.03. The maximum absolute atomic E-state index is 9.72. The zero-order valence-electron chi connectivity index (χ0n) is 10.6. The van der Waals surface area contributed by atoms with Gasteiger partial charge in [0.1, 0.15) is 5.75 Å². The van der Waals surface area contributed by atoms with Crippen LogP contribution >= 0.6 is 0 Å². The first-order valence-corrected chi connectivity index (χ1v) is 5.86. The van der Waals surface area contributed by atoms with E-state index in [1.54, 1.807) is 12.1 Å². The van der Waals surface area contributed by atoms with Gasteiger partial charge in [-0.3, -0.25) is 0 Å². The highest BCUT2D eigenvalue weighted by Gasteiger charge is 2.23.